The third-order valence-electron chi connectivity index (χ3n) is 4.14. The Bertz CT molecular complexity index is 480. The zero-order valence-electron chi connectivity index (χ0n) is 12.2. The molecule has 2 heterocycles. The molecule has 1 atom stereocenters. The van der Waals surface area contributed by atoms with E-state index in [0.29, 0.717) is 31.7 Å². The van der Waals surface area contributed by atoms with Crippen LogP contribution in [0.1, 0.15) is 37.6 Å². The fourth-order valence-electron chi connectivity index (χ4n) is 2.72. The van der Waals surface area contributed by atoms with Crippen LogP contribution in [0.2, 0.25) is 0 Å². The van der Waals surface area contributed by atoms with E-state index in [9.17, 15) is 9.59 Å². The van der Waals surface area contributed by atoms with Crippen molar-refractivity contribution >= 4 is 11.9 Å². The van der Waals surface area contributed by atoms with Crippen LogP contribution in [0.15, 0.2) is 23.0 Å². The highest BCUT2D eigenvalue weighted by Gasteiger charge is 2.49. The van der Waals surface area contributed by atoms with Crippen molar-refractivity contribution in [1.29, 1.82) is 0 Å². The lowest BCUT2D eigenvalue weighted by Gasteiger charge is -2.30. The molecule has 1 amide bonds. The van der Waals surface area contributed by atoms with Crippen LogP contribution in [0, 0.1) is 11.3 Å². The van der Waals surface area contributed by atoms with Crippen molar-refractivity contribution in [1.82, 2.24) is 4.90 Å². The molecule has 1 saturated heterocycles. The first-order chi connectivity index (χ1) is 9.51. The molecule has 5 heteroatoms. The topological polar surface area (TPSA) is 59.8 Å². The highest BCUT2D eigenvalue weighted by molar-refractivity contribution is 5.94. The summed E-state index contributed by atoms with van der Waals surface area (Å²) in [7, 11) is 0. The summed E-state index contributed by atoms with van der Waals surface area (Å²) in [6.07, 6.45) is 3.56. The van der Waals surface area contributed by atoms with Gasteiger partial charge in [0.2, 0.25) is 0 Å². The van der Waals surface area contributed by atoms with Gasteiger partial charge in [-0.2, -0.15) is 0 Å². The van der Waals surface area contributed by atoms with E-state index in [-0.39, 0.29) is 17.8 Å². The summed E-state index contributed by atoms with van der Waals surface area (Å²) >= 11 is 0. The van der Waals surface area contributed by atoms with Crippen molar-refractivity contribution in [3.8, 4) is 0 Å². The van der Waals surface area contributed by atoms with E-state index in [4.69, 9.17) is 9.15 Å². The summed E-state index contributed by atoms with van der Waals surface area (Å²) in [5.41, 5.74) is -0.0662. The van der Waals surface area contributed by atoms with E-state index in [0.717, 1.165) is 0 Å². The highest BCUT2D eigenvalue weighted by Crippen LogP contribution is 2.39. The molecule has 0 saturated carbocycles. The molecule has 2 rings (SSSR count). The molecule has 0 bridgehead atoms. The zero-order valence-corrected chi connectivity index (χ0v) is 12.2. The van der Waals surface area contributed by atoms with Gasteiger partial charge < -0.3 is 14.1 Å². The van der Waals surface area contributed by atoms with E-state index in [1.54, 1.807) is 17.9 Å². The maximum atomic E-state index is 12.3. The lowest BCUT2D eigenvalue weighted by molar-refractivity contribution is -0.157. The summed E-state index contributed by atoms with van der Waals surface area (Å²) in [5, 5.41) is 0. The number of furan rings is 1. The Morgan fingerprint density at radius 1 is 1.50 bits per heavy atom. The molecule has 1 fully saturated rings. The molecule has 20 heavy (non-hydrogen) atoms. The summed E-state index contributed by atoms with van der Waals surface area (Å²) in [6.45, 7) is 7.15. The van der Waals surface area contributed by atoms with Gasteiger partial charge in [0.25, 0.3) is 5.91 Å². The van der Waals surface area contributed by atoms with Crippen LogP contribution in [0.4, 0.5) is 0 Å². The Morgan fingerprint density at radius 2 is 2.25 bits per heavy atom. The van der Waals surface area contributed by atoms with Gasteiger partial charge >= 0.3 is 5.97 Å². The Morgan fingerprint density at radius 3 is 2.80 bits per heavy atom. The molecule has 110 valence electrons. The largest absolute Gasteiger partial charge is 0.472 e. The number of amides is 1. The van der Waals surface area contributed by atoms with Gasteiger partial charge in [-0.05, 0) is 25.3 Å². The molecule has 0 radical (unpaired) electrons. The molecule has 5 nitrogen and oxygen atoms in total. The monoisotopic (exact) mass is 279 g/mol. The van der Waals surface area contributed by atoms with E-state index in [1.165, 1.54) is 12.5 Å². The van der Waals surface area contributed by atoms with Gasteiger partial charge in [-0.3, -0.25) is 9.59 Å². The van der Waals surface area contributed by atoms with Crippen LogP contribution < -0.4 is 0 Å². The predicted octanol–water partition coefficient (Wildman–Crippen LogP) is 2.33. The van der Waals surface area contributed by atoms with Crippen LogP contribution in [-0.2, 0) is 9.53 Å². The van der Waals surface area contributed by atoms with Gasteiger partial charge in [0.1, 0.15) is 6.26 Å². The maximum absolute atomic E-state index is 12.3. The standard InChI is InChI=1S/C15H21NO4/c1-4-20-14(18)15(11(2)3)6-7-16(10-15)13(17)12-5-8-19-9-12/h5,8-9,11H,4,6-7,10H2,1-3H3. The van der Waals surface area contributed by atoms with Gasteiger partial charge in [0, 0.05) is 13.1 Å². The Labute approximate surface area is 118 Å². The molecule has 0 aromatic carbocycles. The van der Waals surface area contributed by atoms with Gasteiger partial charge in [-0.1, -0.05) is 13.8 Å². The van der Waals surface area contributed by atoms with Gasteiger partial charge in [-0.15, -0.1) is 0 Å². The van der Waals surface area contributed by atoms with Gasteiger partial charge in [-0.25, -0.2) is 0 Å². The number of carbonyl (C=O) groups is 2. The lowest BCUT2D eigenvalue weighted by Crippen LogP contribution is -2.41. The second-order valence-electron chi connectivity index (χ2n) is 5.52. The molecule has 1 aliphatic heterocycles. The highest BCUT2D eigenvalue weighted by atomic mass is 16.5. The predicted molar refractivity (Wildman–Crippen MR) is 73.1 cm³/mol. The van der Waals surface area contributed by atoms with Crippen molar-refractivity contribution in [2.75, 3.05) is 19.7 Å². The van der Waals surface area contributed by atoms with E-state index >= 15 is 0 Å². The minimum Gasteiger partial charge on any atom is -0.472 e. The second-order valence-corrected chi connectivity index (χ2v) is 5.52. The smallest absolute Gasteiger partial charge is 0.314 e. The van der Waals surface area contributed by atoms with Crippen molar-refractivity contribution in [3.63, 3.8) is 0 Å². The minimum absolute atomic E-state index is 0.0921. The summed E-state index contributed by atoms with van der Waals surface area (Å²) in [6, 6.07) is 1.64. The SMILES string of the molecule is CCOC(=O)C1(C(C)C)CCN(C(=O)c2ccoc2)C1. The molecule has 1 aliphatic rings. The molecule has 1 aromatic rings. The molecule has 0 aliphatic carbocycles. The van der Waals surface area contributed by atoms with Gasteiger partial charge in [0.15, 0.2) is 0 Å². The van der Waals surface area contributed by atoms with Crippen molar-refractivity contribution in [3.05, 3.63) is 24.2 Å². The zero-order chi connectivity index (χ0) is 14.8. The van der Waals surface area contributed by atoms with Crippen molar-refractivity contribution in [2.24, 2.45) is 11.3 Å². The molecule has 1 unspecified atom stereocenters. The Hall–Kier alpha value is -1.78. The van der Waals surface area contributed by atoms with E-state index < -0.39 is 5.41 Å². The van der Waals surface area contributed by atoms with E-state index in [2.05, 4.69) is 0 Å². The number of rotatable bonds is 4. The van der Waals surface area contributed by atoms with Crippen LogP contribution in [-0.4, -0.2) is 36.5 Å². The molecule has 0 spiro atoms. The van der Waals surface area contributed by atoms with E-state index in [1.807, 2.05) is 13.8 Å². The number of hydrogen-bond donors (Lipinski definition) is 0. The number of likely N-dealkylation sites (tertiary alicyclic amines) is 1. The number of nitrogens with zero attached hydrogens (tertiary/aromatic N) is 1. The average Bonchev–Trinajstić information content (AvgIpc) is 3.08. The normalized spacial score (nSPS) is 22.3. The summed E-state index contributed by atoms with van der Waals surface area (Å²) in [4.78, 5) is 26.3. The van der Waals surface area contributed by atoms with Crippen LogP contribution in [0.3, 0.4) is 0 Å². The van der Waals surface area contributed by atoms with Crippen LogP contribution in [0.25, 0.3) is 0 Å². The first-order valence-corrected chi connectivity index (χ1v) is 7.00. The summed E-state index contributed by atoms with van der Waals surface area (Å²) < 4.78 is 10.2. The molecule has 0 N–H and O–H groups in total. The first kappa shape index (κ1) is 14.6. The fraction of sp³-hybridized carbons (Fsp3) is 0.600. The molecule has 1 aromatic heterocycles. The van der Waals surface area contributed by atoms with Crippen molar-refractivity contribution in [2.45, 2.75) is 27.2 Å². The third-order valence-corrected chi connectivity index (χ3v) is 4.14. The second kappa shape index (κ2) is 5.69. The third kappa shape index (κ3) is 2.44. The molecular formula is C15H21NO4. The Balaban J connectivity index is 2.16. The van der Waals surface area contributed by atoms with Gasteiger partial charge in [0.05, 0.1) is 23.8 Å². The Kier molecular flexibility index (Phi) is 4.16. The lowest BCUT2D eigenvalue weighted by atomic mass is 9.76. The summed E-state index contributed by atoms with van der Waals surface area (Å²) in [5.74, 6) is -0.160. The van der Waals surface area contributed by atoms with Crippen LogP contribution >= 0.6 is 0 Å². The average molecular weight is 279 g/mol. The molecular weight excluding hydrogens is 258 g/mol. The first-order valence-electron chi connectivity index (χ1n) is 7.00. The fourth-order valence-corrected chi connectivity index (χ4v) is 2.72. The van der Waals surface area contributed by atoms with Crippen LogP contribution in [0.5, 0.6) is 0 Å². The number of hydrogen-bond acceptors (Lipinski definition) is 4. The number of esters is 1. The minimum atomic E-state index is -0.588. The number of carbonyl (C=O) groups excluding carboxylic acids is 2. The van der Waals surface area contributed by atoms with Crippen molar-refractivity contribution < 1.29 is 18.7 Å². The quantitative estimate of drug-likeness (QED) is 0.794. The number of ether oxygens (including phenoxy) is 1. The maximum Gasteiger partial charge on any atom is 0.314 e.